The molecule has 0 bridgehead atoms. The maximum atomic E-state index is 12.9. The van der Waals surface area contributed by atoms with Crippen molar-refractivity contribution in [3.8, 4) is 16.3 Å². The van der Waals surface area contributed by atoms with Gasteiger partial charge in [-0.3, -0.25) is 9.59 Å². The van der Waals surface area contributed by atoms with Crippen LogP contribution in [0, 0.1) is 5.41 Å². The van der Waals surface area contributed by atoms with Crippen LogP contribution >= 0.6 is 11.3 Å². The van der Waals surface area contributed by atoms with E-state index in [1.807, 2.05) is 43.3 Å². The van der Waals surface area contributed by atoms with E-state index in [2.05, 4.69) is 36.1 Å². The first-order valence-electron chi connectivity index (χ1n) is 11.6. The maximum Gasteiger partial charge on any atom is 0.255 e. The number of ketones is 1. The van der Waals surface area contributed by atoms with Gasteiger partial charge in [-0.2, -0.15) is 0 Å². The van der Waals surface area contributed by atoms with E-state index < -0.39 is 0 Å². The molecular weight excluding hydrogens is 460 g/mol. The molecule has 7 nitrogen and oxygen atoms in total. The van der Waals surface area contributed by atoms with Gasteiger partial charge in [0.05, 0.1) is 34.3 Å². The Bertz CT molecular complexity index is 1370. The van der Waals surface area contributed by atoms with Gasteiger partial charge in [0.2, 0.25) is 0 Å². The summed E-state index contributed by atoms with van der Waals surface area (Å²) < 4.78 is 5.26. The van der Waals surface area contributed by atoms with Crippen LogP contribution in [0.15, 0.2) is 48.8 Å². The summed E-state index contributed by atoms with van der Waals surface area (Å²) in [4.78, 5) is 39.4. The predicted molar refractivity (Wildman–Crippen MR) is 139 cm³/mol. The number of methoxy groups -OCH3 is 1. The van der Waals surface area contributed by atoms with Crippen LogP contribution in [0.1, 0.15) is 59.7 Å². The number of H-pyrrole nitrogens is 1. The monoisotopic (exact) mass is 490 g/mol. The summed E-state index contributed by atoms with van der Waals surface area (Å²) in [5, 5.41) is 3.05. The minimum Gasteiger partial charge on any atom is -0.497 e. The lowest BCUT2D eigenvalue weighted by molar-refractivity contribution is 0.0911. The van der Waals surface area contributed by atoms with Crippen LogP contribution in [0.4, 0.5) is 0 Å². The molecule has 2 N–H and O–H groups in total. The van der Waals surface area contributed by atoms with Crippen molar-refractivity contribution >= 4 is 34.2 Å². The van der Waals surface area contributed by atoms with Crippen molar-refractivity contribution in [3.63, 3.8) is 0 Å². The van der Waals surface area contributed by atoms with Crippen LogP contribution in [-0.2, 0) is 6.42 Å². The van der Waals surface area contributed by atoms with Gasteiger partial charge in [0.25, 0.3) is 5.91 Å². The number of thiophene rings is 1. The molecule has 35 heavy (non-hydrogen) atoms. The van der Waals surface area contributed by atoms with E-state index in [0.717, 1.165) is 16.2 Å². The molecule has 182 valence electrons. The molecule has 0 fully saturated rings. The SMILES string of the molecule is COc1cccc(CCC(=O)c2ccc(-c3cnc4[nH]cc(C(=O)N[C@@H](C)C(C)(C)C)c4n3)s2)c1. The van der Waals surface area contributed by atoms with Crippen molar-refractivity contribution in [1.82, 2.24) is 20.3 Å². The average molecular weight is 491 g/mol. The van der Waals surface area contributed by atoms with Crippen molar-refractivity contribution in [2.24, 2.45) is 5.41 Å². The highest BCUT2D eigenvalue weighted by Gasteiger charge is 2.24. The quantitative estimate of drug-likeness (QED) is 0.310. The van der Waals surface area contributed by atoms with Crippen molar-refractivity contribution in [2.45, 2.75) is 46.6 Å². The second kappa shape index (κ2) is 10.00. The Balaban J connectivity index is 1.50. The molecule has 0 aliphatic rings. The number of amides is 1. The predicted octanol–water partition coefficient (Wildman–Crippen LogP) is 5.67. The van der Waals surface area contributed by atoms with Gasteiger partial charge < -0.3 is 15.0 Å². The number of Topliss-reactive ketones (excluding diaryl/α,β-unsaturated/α-hetero) is 1. The zero-order valence-electron chi connectivity index (χ0n) is 20.6. The van der Waals surface area contributed by atoms with Gasteiger partial charge in [0, 0.05) is 18.7 Å². The van der Waals surface area contributed by atoms with Crippen LogP contribution in [0.3, 0.4) is 0 Å². The highest BCUT2D eigenvalue weighted by Crippen LogP contribution is 2.29. The molecule has 4 rings (SSSR count). The first-order valence-corrected chi connectivity index (χ1v) is 12.4. The zero-order valence-corrected chi connectivity index (χ0v) is 21.5. The summed E-state index contributed by atoms with van der Waals surface area (Å²) >= 11 is 1.39. The number of carbonyl (C=O) groups is 2. The largest absolute Gasteiger partial charge is 0.497 e. The molecule has 0 aliphatic carbocycles. The summed E-state index contributed by atoms with van der Waals surface area (Å²) in [6.07, 6.45) is 4.35. The van der Waals surface area contributed by atoms with Crippen molar-refractivity contribution in [2.75, 3.05) is 7.11 Å². The summed E-state index contributed by atoms with van der Waals surface area (Å²) in [6, 6.07) is 11.5. The van der Waals surface area contributed by atoms with E-state index in [1.54, 1.807) is 19.5 Å². The van der Waals surface area contributed by atoms with Crippen LogP contribution in [-0.4, -0.2) is 39.8 Å². The number of rotatable bonds is 8. The fourth-order valence-corrected chi connectivity index (χ4v) is 4.44. The second-order valence-corrected chi connectivity index (χ2v) is 10.7. The van der Waals surface area contributed by atoms with Crippen LogP contribution < -0.4 is 10.1 Å². The minimum atomic E-state index is -0.190. The number of aryl methyl sites for hydroxylation is 1. The van der Waals surface area contributed by atoms with Gasteiger partial charge in [0.15, 0.2) is 11.4 Å². The van der Waals surface area contributed by atoms with E-state index in [0.29, 0.717) is 40.1 Å². The maximum absolute atomic E-state index is 12.9. The second-order valence-electron chi connectivity index (χ2n) is 9.65. The zero-order chi connectivity index (χ0) is 25.2. The number of aromatic nitrogens is 3. The molecule has 0 unspecified atom stereocenters. The lowest BCUT2D eigenvalue weighted by Crippen LogP contribution is -2.41. The normalized spacial score (nSPS) is 12.5. The molecule has 0 saturated heterocycles. The number of ether oxygens (including phenoxy) is 1. The Hall–Kier alpha value is -3.52. The topological polar surface area (TPSA) is 97.0 Å². The Kier molecular flexibility index (Phi) is 7.03. The van der Waals surface area contributed by atoms with Gasteiger partial charge in [-0.15, -0.1) is 11.3 Å². The van der Waals surface area contributed by atoms with E-state index in [9.17, 15) is 9.59 Å². The van der Waals surface area contributed by atoms with Gasteiger partial charge in [-0.1, -0.05) is 32.9 Å². The molecule has 3 aromatic heterocycles. The molecule has 4 aromatic rings. The third-order valence-electron chi connectivity index (χ3n) is 6.18. The molecule has 1 amide bonds. The first kappa shape index (κ1) is 24.6. The van der Waals surface area contributed by atoms with E-state index >= 15 is 0 Å². The summed E-state index contributed by atoms with van der Waals surface area (Å²) in [7, 11) is 1.63. The van der Waals surface area contributed by atoms with Crippen molar-refractivity contribution < 1.29 is 14.3 Å². The number of benzene rings is 1. The van der Waals surface area contributed by atoms with Crippen LogP contribution in [0.25, 0.3) is 21.7 Å². The highest BCUT2D eigenvalue weighted by molar-refractivity contribution is 7.17. The van der Waals surface area contributed by atoms with Crippen molar-refractivity contribution in [1.29, 1.82) is 0 Å². The number of hydrogen-bond donors (Lipinski definition) is 2. The molecule has 1 aromatic carbocycles. The van der Waals surface area contributed by atoms with E-state index in [-0.39, 0.29) is 23.1 Å². The number of nitrogens with one attached hydrogen (secondary N) is 2. The molecule has 0 radical (unpaired) electrons. The Morgan fingerprint density at radius 3 is 2.74 bits per heavy atom. The smallest absolute Gasteiger partial charge is 0.255 e. The van der Waals surface area contributed by atoms with Gasteiger partial charge in [0.1, 0.15) is 11.3 Å². The molecule has 8 heteroatoms. The Morgan fingerprint density at radius 1 is 1.20 bits per heavy atom. The summed E-state index contributed by atoms with van der Waals surface area (Å²) in [6.45, 7) is 8.23. The standard InChI is InChI=1S/C27H30N4O3S/c1-16(27(2,3)4)30-26(33)19-14-28-25-24(19)31-20(15-29-25)22-11-12-23(35-22)21(32)10-9-17-7-6-8-18(13-17)34-5/h6-8,11-16H,9-10H2,1-5H3,(H,28,29)(H,30,33)/t16-/m0/s1. The number of fused-ring (bicyclic) bond motifs is 1. The molecule has 0 spiro atoms. The van der Waals surface area contributed by atoms with Gasteiger partial charge >= 0.3 is 0 Å². The third kappa shape index (κ3) is 5.59. The number of carbonyl (C=O) groups excluding carboxylic acids is 2. The van der Waals surface area contributed by atoms with Gasteiger partial charge in [-0.25, -0.2) is 9.97 Å². The Morgan fingerprint density at radius 2 is 2.00 bits per heavy atom. The van der Waals surface area contributed by atoms with Crippen LogP contribution in [0.5, 0.6) is 5.75 Å². The number of nitrogens with zero attached hydrogens (tertiary/aromatic N) is 2. The van der Waals surface area contributed by atoms with E-state index in [1.165, 1.54) is 11.3 Å². The molecule has 1 atom stereocenters. The molecule has 0 aliphatic heterocycles. The fraction of sp³-hybridized carbons (Fsp3) is 0.333. The number of aromatic amines is 1. The number of hydrogen-bond acceptors (Lipinski definition) is 6. The van der Waals surface area contributed by atoms with Crippen LogP contribution in [0.2, 0.25) is 0 Å². The third-order valence-corrected chi connectivity index (χ3v) is 7.33. The average Bonchev–Trinajstić information content (AvgIpc) is 3.49. The van der Waals surface area contributed by atoms with E-state index in [4.69, 9.17) is 9.72 Å². The Labute approximate surface area is 209 Å². The first-order chi connectivity index (χ1) is 16.7. The molecule has 0 saturated carbocycles. The lowest BCUT2D eigenvalue weighted by Gasteiger charge is -2.27. The summed E-state index contributed by atoms with van der Waals surface area (Å²) in [5.41, 5.74) is 3.15. The highest BCUT2D eigenvalue weighted by atomic mass is 32.1. The van der Waals surface area contributed by atoms with Gasteiger partial charge in [-0.05, 0) is 48.6 Å². The summed E-state index contributed by atoms with van der Waals surface area (Å²) in [5.74, 6) is 0.675. The fourth-order valence-electron chi connectivity index (χ4n) is 3.51. The molecular formula is C27H30N4O3S. The minimum absolute atomic E-state index is 0.0149. The lowest BCUT2D eigenvalue weighted by atomic mass is 9.88. The molecule has 3 heterocycles. The van der Waals surface area contributed by atoms with Crippen molar-refractivity contribution in [3.05, 3.63) is 64.8 Å².